The second kappa shape index (κ2) is 6.74. The van der Waals surface area contributed by atoms with Crippen molar-refractivity contribution in [3.63, 3.8) is 0 Å². The fourth-order valence-electron chi connectivity index (χ4n) is 2.77. The molecule has 0 aliphatic rings. The van der Waals surface area contributed by atoms with Gasteiger partial charge in [0.25, 0.3) is 5.13 Å². The summed E-state index contributed by atoms with van der Waals surface area (Å²) >= 11 is 1.26. The number of rotatable bonds is 4. The standard InChI is InChI=1S/C18H12N6OS/c19-9-12-5-1-2-6-13(12)10-24-15-8-4-3-7-14(15)16(17(24)25)21-23-18-22-20-11-26-18/h1-8,11,25H,10H2. The van der Waals surface area contributed by atoms with Crippen molar-refractivity contribution in [3.05, 3.63) is 65.2 Å². The molecule has 4 aromatic rings. The molecule has 0 radical (unpaired) electrons. The van der Waals surface area contributed by atoms with Crippen molar-refractivity contribution in [2.75, 3.05) is 0 Å². The van der Waals surface area contributed by atoms with Crippen molar-refractivity contribution in [2.24, 2.45) is 10.2 Å². The molecule has 0 bridgehead atoms. The van der Waals surface area contributed by atoms with E-state index in [1.54, 1.807) is 16.1 Å². The summed E-state index contributed by atoms with van der Waals surface area (Å²) in [5.74, 6) is -0.00721. The van der Waals surface area contributed by atoms with Crippen molar-refractivity contribution in [3.8, 4) is 11.9 Å². The number of hydrogen-bond acceptors (Lipinski definition) is 7. The first-order chi connectivity index (χ1) is 12.8. The Morgan fingerprint density at radius 2 is 1.92 bits per heavy atom. The van der Waals surface area contributed by atoms with Crippen LogP contribution in [0.3, 0.4) is 0 Å². The summed E-state index contributed by atoms with van der Waals surface area (Å²) in [7, 11) is 0. The van der Waals surface area contributed by atoms with E-state index in [2.05, 4.69) is 26.5 Å². The van der Waals surface area contributed by atoms with E-state index >= 15 is 0 Å². The normalized spacial score (nSPS) is 11.2. The number of azo groups is 1. The molecule has 8 heteroatoms. The van der Waals surface area contributed by atoms with Crippen LogP contribution in [0.4, 0.5) is 10.8 Å². The van der Waals surface area contributed by atoms with Gasteiger partial charge in [0.15, 0.2) is 5.69 Å². The molecule has 0 saturated carbocycles. The van der Waals surface area contributed by atoms with E-state index in [-0.39, 0.29) is 5.88 Å². The molecule has 0 saturated heterocycles. The van der Waals surface area contributed by atoms with Crippen LogP contribution in [0, 0.1) is 11.3 Å². The topological polar surface area (TPSA) is 99.5 Å². The monoisotopic (exact) mass is 360 g/mol. The van der Waals surface area contributed by atoms with Gasteiger partial charge in [-0.05, 0) is 17.7 Å². The van der Waals surface area contributed by atoms with Gasteiger partial charge in [-0.3, -0.25) is 0 Å². The first kappa shape index (κ1) is 15.9. The molecule has 1 N–H and O–H groups in total. The molecule has 0 fully saturated rings. The summed E-state index contributed by atoms with van der Waals surface area (Å²) in [6.07, 6.45) is 0. The Morgan fingerprint density at radius 1 is 1.12 bits per heavy atom. The summed E-state index contributed by atoms with van der Waals surface area (Å²) in [5.41, 5.74) is 4.13. The van der Waals surface area contributed by atoms with E-state index in [1.165, 1.54) is 11.3 Å². The Balaban J connectivity index is 1.83. The van der Waals surface area contributed by atoms with Gasteiger partial charge < -0.3 is 9.67 Å². The van der Waals surface area contributed by atoms with E-state index < -0.39 is 0 Å². The molecular weight excluding hydrogens is 348 g/mol. The van der Waals surface area contributed by atoms with E-state index in [4.69, 9.17) is 0 Å². The lowest BCUT2D eigenvalue weighted by molar-refractivity contribution is 0.429. The summed E-state index contributed by atoms with van der Waals surface area (Å²) < 4.78 is 1.72. The minimum Gasteiger partial charge on any atom is -0.493 e. The zero-order chi connectivity index (χ0) is 17.9. The highest BCUT2D eigenvalue weighted by atomic mass is 32.1. The molecule has 2 aromatic heterocycles. The van der Waals surface area contributed by atoms with Crippen LogP contribution in [-0.4, -0.2) is 19.9 Å². The molecule has 7 nitrogen and oxygen atoms in total. The highest BCUT2D eigenvalue weighted by Gasteiger charge is 2.17. The third-order valence-corrected chi connectivity index (χ3v) is 4.54. The highest BCUT2D eigenvalue weighted by Crippen LogP contribution is 2.40. The van der Waals surface area contributed by atoms with Crippen molar-refractivity contribution < 1.29 is 5.11 Å². The average molecular weight is 360 g/mol. The maximum Gasteiger partial charge on any atom is 0.251 e. The van der Waals surface area contributed by atoms with Crippen molar-refractivity contribution in [2.45, 2.75) is 6.54 Å². The molecule has 0 unspecified atom stereocenters. The molecule has 4 rings (SSSR count). The fraction of sp³-hybridized carbons (Fsp3) is 0.0556. The average Bonchev–Trinajstić information content (AvgIpc) is 3.28. The zero-order valence-electron chi connectivity index (χ0n) is 13.4. The van der Waals surface area contributed by atoms with Gasteiger partial charge in [0.2, 0.25) is 5.88 Å². The van der Waals surface area contributed by atoms with Crippen LogP contribution in [-0.2, 0) is 6.54 Å². The maximum absolute atomic E-state index is 10.8. The van der Waals surface area contributed by atoms with E-state index in [9.17, 15) is 10.4 Å². The molecule has 2 aromatic carbocycles. The van der Waals surface area contributed by atoms with Crippen molar-refractivity contribution >= 4 is 33.1 Å². The van der Waals surface area contributed by atoms with Crippen LogP contribution >= 0.6 is 11.3 Å². The predicted molar refractivity (Wildman–Crippen MR) is 97.9 cm³/mol. The van der Waals surface area contributed by atoms with Gasteiger partial charge >= 0.3 is 0 Å². The molecule has 0 amide bonds. The third kappa shape index (κ3) is 2.81. The number of nitrogens with zero attached hydrogens (tertiary/aromatic N) is 6. The van der Waals surface area contributed by atoms with Crippen LogP contribution in [0.25, 0.3) is 10.9 Å². The summed E-state index contributed by atoms with van der Waals surface area (Å²) in [6, 6.07) is 17.0. The first-order valence-corrected chi connectivity index (χ1v) is 8.62. The van der Waals surface area contributed by atoms with Gasteiger partial charge in [-0.2, -0.15) is 5.26 Å². The van der Waals surface area contributed by atoms with Gasteiger partial charge in [-0.15, -0.1) is 20.4 Å². The number of aromatic nitrogens is 3. The van der Waals surface area contributed by atoms with E-state index in [0.29, 0.717) is 22.9 Å². The van der Waals surface area contributed by atoms with Gasteiger partial charge in [-0.1, -0.05) is 47.7 Å². The second-order valence-corrected chi connectivity index (χ2v) is 6.28. The molecule has 126 valence electrons. The number of fused-ring (bicyclic) bond motifs is 1. The lowest BCUT2D eigenvalue weighted by atomic mass is 10.1. The van der Waals surface area contributed by atoms with E-state index in [0.717, 1.165) is 16.5 Å². The summed E-state index contributed by atoms with van der Waals surface area (Å²) in [5, 5.41) is 37.0. The Morgan fingerprint density at radius 3 is 2.73 bits per heavy atom. The van der Waals surface area contributed by atoms with Gasteiger partial charge in [0.1, 0.15) is 5.51 Å². The highest BCUT2D eigenvalue weighted by molar-refractivity contribution is 7.13. The Hall–Kier alpha value is -3.57. The van der Waals surface area contributed by atoms with Crippen LogP contribution < -0.4 is 0 Å². The number of nitriles is 1. The smallest absolute Gasteiger partial charge is 0.251 e. The van der Waals surface area contributed by atoms with Gasteiger partial charge in [0.05, 0.1) is 23.7 Å². The molecular formula is C18H12N6OS. The second-order valence-electron chi connectivity index (χ2n) is 5.47. The van der Waals surface area contributed by atoms with Gasteiger partial charge in [0, 0.05) is 5.39 Å². The van der Waals surface area contributed by atoms with E-state index in [1.807, 2.05) is 42.5 Å². The number of hydrogen-bond donors (Lipinski definition) is 1. The largest absolute Gasteiger partial charge is 0.493 e. The fourth-order valence-corrected chi connectivity index (χ4v) is 3.14. The SMILES string of the molecule is N#Cc1ccccc1Cn1c(O)c(N=Nc2nncs2)c2ccccc21. The number of aromatic hydroxyl groups is 1. The Kier molecular flexibility index (Phi) is 4.13. The van der Waals surface area contributed by atoms with Gasteiger partial charge in [-0.25, -0.2) is 0 Å². The minimum absolute atomic E-state index is 0.00721. The lowest BCUT2D eigenvalue weighted by Crippen LogP contribution is -2.01. The summed E-state index contributed by atoms with van der Waals surface area (Å²) in [6.45, 7) is 0.352. The molecule has 26 heavy (non-hydrogen) atoms. The Bertz CT molecular complexity index is 1140. The van der Waals surface area contributed by atoms with Crippen molar-refractivity contribution in [1.82, 2.24) is 14.8 Å². The molecule has 0 spiro atoms. The number of benzene rings is 2. The summed E-state index contributed by atoms with van der Waals surface area (Å²) in [4.78, 5) is 0. The van der Waals surface area contributed by atoms with Crippen LogP contribution in [0.2, 0.25) is 0 Å². The minimum atomic E-state index is -0.00721. The zero-order valence-corrected chi connectivity index (χ0v) is 14.3. The van der Waals surface area contributed by atoms with Crippen LogP contribution in [0.15, 0.2) is 64.3 Å². The molecule has 0 aliphatic carbocycles. The van der Waals surface area contributed by atoms with Crippen molar-refractivity contribution in [1.29, 1.82) is 5.26 Å². The molecule has 0 aliphatic heterocycles. The lowest BCUT2D eigenvalue weighted by Gasteiger charge is -2.08. The first-order valence-electron chi connectivity index (χ1n) is 7.74. The maximum atomic E-state index is 10.8. The number of para-hydroxylation sites is 1. The predicted octanol–water partition coefficient (Wildman–Crippen LogP) is 4.53. The third-order valence-electron chi connectivity index (χ3n) is 3.97. The molecule has 0 atom stereocenters. The quantitative estimate of drug-likeness (QED) is 0.540. The Labute approximate surface area is 152 Å². The molecule has 2 heterocycles. The van der Waals surface area contributed by atoms with Crippen LogP contribution in [0.1, 0.15) is 11.1 Å². The van der Waals surface area contributed by atoms with Crippen LogP contribution in [0.5, 0.6) is 5.88 Å².